The highest BCUT2D eigenvalue weighted by molar-refractivity contribution is 6.32. The van der Waals surface area contributed by atoms with E-state index in [2.05, 4.69) is 5.32 Å². The summed E-state index contributed by atoms with van der Waals surface area (Å²) >= 11 is 5.93. The van der Waals surface area contributed by atoms with Crippen LogP contribution in [0.4, 0.5) is 4.39 Å². The Labute approximate surface area is 132 Å². The van der Waals surface area contributed by atoms with E-state index in [1.165, 1.54) is 12.1 Å². The van der Waals surface area contributed by atoms with Crippen molar-refractivity contribution in [2.45, 2.75) is 6.10 Å². The highest BCUT2D eigenvalue weighted by atomic mass is 35.5. The number of halogens is 2. The fourth-order valence-corrected chi connectivity index (χ4v) is 2.08. The van der Waals surface area contributed by atoms with Crippen LogP contribution in [0.25, 0.3) is 0 Å². The van der Waals surface area contributed by atoms with E-state index in [9.17, 15) is 9.18 Å². The topological polar surface area (TPSA) is 58.6 Å². The number of carbonyl (C=O) groups excluding carboxylic acids is 1. The zero-order valence-corrected chi connectivity index (χ0v) is 12.4. The molecule has 0 aliphatic heterocycles. The number of hydrogen-bond acceptors (Lipinski definition) is 3. The van der Waals surface area contributed by atoms with Crippen molar-refractivity contribution in [3.05, 3.63) is 64.9 Å². The van der Waals surface area contributed by atoms with Gasteiger partial charge in [0.05, 0.1) is 11.6 Å². The van der Waals surface area contributed by atoms with Crippen LogP contribution in [0.5, 0.6) is 5.75 Å². The van der Waals surface area contributed by atoms with Crippen LogP contribution >= 0.6 is 11.6 Å². The fraction of sp³-hybridized carbons (Fsp3) is 0.188. The van der Waals surface area contributed by atoms with Gasteiger partial charge in [0, 0.05) is 12.1 Å². The minimum Gasteiger partial charge on any atom is -0.474 e. The van der Waals surface area contributed by atoms with Gasteiger partial charge in [-0.3, -0.25) is 4.79 Å². The zero-order valence-electron chi connectivity index (χ0n) is 11.6. The van der Waals surface area contributed by atoms with Crippen molar-refractivity contribution < 1.29 is 19.0 Å². The highest BCUT2D eigenvalue weighted by Crippen LogP contribution is 2.29. The summed E-state index contributed by atoms with van der Waals surface area (Å²) in [6.07, 6.45) is -0.948. The fourth-order valence-electron chi connectivity index (χ4n) is 1.87. The van der Waals surface area contributed by atoms with Crippen molar-refractivity contribution in [1.82, 2.24) is 5.32 Å². The molecule has 0 saturated carbocycles. The molecule has 22 heavy (non-hydrogen) atoms. The first-order valence-corrected chi connectivity index (χ1v) is 7.05. The third-order valence-corrected chi connectivity index (χ3v) is 3.19. The maximum atomic E-state index is 13.1. The van der Waals surface area contributed by atoms with Crippen LogP contribution in [-0.4, -0.2) is 24.2 Å². The minimum atomic E-state index is -0.948. The number of carbonyl (C=O) groups is 1. The molecule has 2 aromatic carbocycles. The zero-order chi connectivity index (χ0) is 15.9. The molecule has 0 aliphatic carbocycles. The molecule has 1 unspecified atom stereocenters. The van der Waals surface area contributed by atoms with Gasteiger partial charge in [-0.15, -0.1) is 0 Å². The van der Waals surface area contributed by atoms with E-state index in [0.717, 1.165) is 6.07 Å². The number of ether oxygens (including phenoxy) is 1. The van der Waals surface area contributed by atoms with Gasteiger partial charge in [-0.05, 0) is 18.2 Å². The number of aliphatic hydroxyl groups is 1. The summed E-state index contributed by atoms with van der Waals surface area (Å²) in [5.41, 5.74) is 0.623. The Balaban J connectivity index is 2.26. The quantitative estimate of drug-likeness (QED) is 0.859. The van der Waals surface area contributed by atoms with Gasteiger partial charge >= 0.3 is 0 Å². The molecule has 0 fully saturated rings. The Hall–Kier alpha value is -2.11. The molecule has 2 aromatic rings. The first kappa shape index (κ1) is 16.3. The molecule has 0 saturated heterocycles. The van der Waals surface area contributed by atoms with Crippen molar-refractivity contribution in [1.29, 1.82) is 0 Å². The molecule has 0 bridgehead atoms. The first-order valence-electron chi connectivity index (χ1n) is 6.67. The monoisotopic (exact) mass is 323 g/mol. The van der Waals surface area contributed by atoms with E-state index in [1.807, 2.05) is 6.07 Å². The molecule has 2 N–H and O–H groups in total. The summed E-state index contributed by atoms with van der Waals surface area (Å²) in [6, 6.07) is 12.5. The van der Waals surface area contributed by atoms with Crippen LogP contribution in [0.3, 0.4) is 0 Å². The number of aliphatic hydroxyl groups excluding tert-OH is 1. The Bertz CT molecular complexity index is 637. The second kappa shape index (κ2) is 7.77. The number of benzene rings is 2. The molecule has 0 aliphatic rings. The van der Waals surface area contributed by atoms with Crippen molar-refractivity contribution in [3.63, 3.8) is 0 Å². The Morgan fingerprint density at radius 1 is 1.27 bits per heavy atom. The molecule has 0 spiro atoms. The van der Waals surface area contributed by atoms with Crippen molar-refractivity contribution in [2.75, 3.05) is 13.2 Å². The highest BCUT2D eigenvalue weighted by Gasteiger charge is 2.23. The largest absolute Gasteiger partial charge is 0.474 e. The van der Waals surface area contributed by atoms with E-state index in [0.29, 0.717) is 5.56 Å². The molecular weight excluding hydrogens is 309 g/mol. The standard InChI is InChI=1S/C16H15ClFNO3/c17-13-10-12(18)6-7-14(13)22-15(16(21)19-8-9-20)11-4-2-1-3-5-11/h1-7,10,15,20H,8-9H2,(H,19,21). The van der Waals surface area contributed by atoms with Gasteiger partial charge < -0.3 is 15.2 Å². The van der Waals surface area contributed by atoms with E-state index in [-0.39, 0.29) is 23.9 Å². The summed E-state index contributed by atoms with van der Waals surface area (Å²) in [6.45, 7) is -0.0623. The van der Waals surface area contributed by atoms with Crippen LogP contribution in [0, 0.1) is 5.82 Å². The lowest BCUT2D eigenvalue weighted by Gasteiger charge is -2.19. The lowest BCUT2D eigenvalue weighted by molar-refractivity contribution is -0.128. The average Bonchev–Trinajstić information content (AvgIpc) is 2.52. The molecule has 4 nitrogen and oxygen atoms in total. The molecule has 0 heterocycles. The summed E-state index contributed by atoms with van der Waals surface area (Å²) in [5, 5.41) is 11.4. The SMILES string of the molecule is O=C(NCCO)C(Oc1ccc(F)cc1Cl)c1ccccc1. The molecule has 116 valence electrons. The van der Waals surface area contributed by atoms with Crippen molar-refractivity contribution in [2.24, 2.45) is 0 Å². The minimum absolute atomic E-state index is 0.0795. The normalized spacial score (nSPS) is 11.8. The first-order chi connectivity index (χ1) is 10.6. The third-order valence-electron chi connectivity index (χ3n) is 2.89. The van der Waals surface area contributed by atoms with Gasteiger partial charge in [0.25, 0.3) is 5.91 Å². The molecule has 0 radical (unpaired) electrons. The number of nitrogens with one attached hydrogen (secondary N) is 1. The van der Waals surface area contributed by atoms with E-state index in [1.54, 1.807) is 24.3 Å². The van der Waals surface area contributed by atoms with Crippen LogP contribution in [0.15, 0.2) is 48.5 Å². The summed E-state index contributed by atoms with van der Waals surface area (Å²) in [4.78, 5) is 12.2. The predicted octanol–water partition coefficient (Wildman–Crippen LogP) is 2.71. The lowest BCUT2D eigenvalue weighted by Crippen LogP contribution is -2.34. The molecule has 2 rings (SSSR count). The second-order valence-corrected chi connectivity index (χ2v) is 4.91. The number of amides is 1. The molecule has 1 atom stereocenters. The Morgan fingerprint density at radius 3 is 2.64 bits per heavy atom. The maximum Gasteiger partial charge on any atom is 0.265 e. The Morgan fingerprint density at radius 2 is 2.00 bits per heavy atom. The van der Waals surface area contributed by atoms with Crippen LogP contribution in [0.2, 0.25) is 5.02 Å². The summed E-state index contributed by atoms with van der Waals surface area (Å²) < 4.78 is 18.7. The van der Waals surface area contributed by atoms with Crippen LogP contribution in [0.1, 0.15) is 11.7 Å². The summed E-state index contributed by atoms with van der Waals surface area (Å²) in [7, 11) is 0. The second-order valence-electron chi connectivity index (χ2n) is 4.50. The van der Waals surface area contributed by atoms with Crippen LogP contribution < -0.4 is 10.1 Å². The molecule has 0 aromatic heterocycles. The summed E-state index contributed by atoms with van der Waals surface area (Å²) in [5.74, 6) is -0.699. The lowest BCUT2D eigenvalue weighted by atomic mass is 10.1. The number of hydrogen-bond donors (Lipinski definition) is 2. The average molecular weight is 324 g/mol. The molecular formula is C16H15ClFNO3. The van der Waals surface area contributed by atoms with E-state index >= 15 is 0 Å². The van der Waals surface area contributed by atoms with E-state index in [4.69, 9.17) is 21.4 Å². The van der Waals surface area contributed by atoms with Gasteiger partial charge in [0.15, 0.2) is 0 Å². The smallest absolute Gasteiger partial charge is 0.265 e. The maximum absolute atomic E-state index is 13.1. The van der Waals surface area contributed by atoms with Gasteiger partial charge in [-0.2, -0.15) is 0 Å². The van der Waals surface area contributed by atoms with Crippen molar-refractivity contribution in [3.8, 4) is 5.75 Å². The van der Waals surface area contributed by atoms with Crippen LogP contribution in [-0.2, 0) is 4.79 Å². The number of rotatable bonds is 6. The predicted molar refractivity (Wildman–Crippen MR) is 81.3 cm³/mol. The van der Waals surface area contributed by atoms with Gasteiger partial charge in [0.1, 0.15) is 11.6 Å². The van der Waals surface area contributed by atoms with Gasteiger partial charge in [-0.1, -0.05) is 41.9 Å². The molecule has 6 heteroatoms. The van der Waals surface area contributed by atoms with Crippen molar-refractivity contribution >= 4 is 17.5 Å². The van der Waals surface area contributed by atoms with Gasteiger partial charge in [0.2, 0.25) is 6.10 Å². The third kappa shape index (κ3) is 4.19. The Kier molecular flexibility index (Phi) is 5.75. The van der Waals surface area contributed by atoms with E-state index < -0.39 is 17.8 Å². The van der Waals surface area contributed by atoms with Gasteiger partial charge in [-0.25, -0.2) is 4.39 Å². The molecule has 1 amide bonds.